The largest absolute Gasteiger partial charge is 0.496 e. The SMILES string of the molecule is CCCCSc1nc2n(n1)C(c1cc(Br)ccc1OC)C(C(=O)Nc1ccccc1OCC)=C(C)N2. The highest BCUT2D eigenvalue weighted by Gasteiger charge is 2.36. The standard InChI is InChI=1S/C26H30BrN5O3S/c1-5-7-14-36-26-30-25-28-16(3)22(24(33)29-19-10-8-9-11-21(19)35-6-2)23(32(25)31-26)18-15-17(27)12-13-20(18)34-4/h8-13,15,23H,5-7,14H2,1-4H3,(H,29,33)(H,28,30,31). The van der Waals surface area contributed by atoms with E-state index in [1.807, 2.05) is 56.3 Å². The van der Waals surface area contributed by atoms with Gasteiger partial charge >= 0.3 is 0 Å². The van der Waals surface area contributed by atoms with Gasteiger partial charge in [0, 0.05) is 21.5 Å². The zero-order chi connectivity index (χ0) is 25.7. The topological polar surface area (TPSA) is 90.3 Å². The number of hydrogen-bond acceptors (Lipinski definition) is 7. The Hall–Kier alpha value is -2.98. The van der Waals surface area contributed by atoms with Crippen LogP contribution in [0.4, 0.5) is 11.6 Å². The van der Waals surface area contributed by atoms with Gasteiger partial charge < -0.3 is 20.1 Å². The highest BCUT2D eigenvalue weighted by atomic mass is 79.9. The number of anilines is 2. The lowest BCUT2D eigenvalue weighted by Gasteiger charge is -2.29. The van der Waals surface area contributed by atoms with Crippen LogP contribution in [-0.4, -0.2) is 40.1 Å². The molecule has 8 nitrogen and oxygen atoms in total. The highest BCUT2D eigenvalue weighted by Crippen LogP contribution is 2.41. The summed E-state index contributed by atoms with van der Waals surface area (Å²) in [6.07, 6.45) is 2.18. The number of rotatable bonds is 10. The second-order valence-electron chi connectivity index (χ2n) is 8.20. The summed E-state index contributed by atoms with van der Waals surface area (Å²) in [4.78, 5) is 18.6. The summed E-state index contributed by atoms with van der Waals surface area (Å²) in [5.41, 5.74) is 2.61. The number of carbonyl (C=O) groups is 1. The summed E-state index contributed by atoms with van der Waals surface area (Å²) < 4.78 is 14.1. The molecular formula is C26H30BrN5O3S. The first-order valence-corrected chi connectivity index (χ1v) is 13.7. The molecule has 0 bridgehead atoms. The van der Waals surface area contributed by atoms with Crippen molar-refractivity contribution in [1.29, 1.82) is 0 Å². The van der Waals surface area contributed by atoms with Crippen molar-refractivity contribution in [2.75, 3.05) is 30.1 Å². The first kappa shape index (κ1) is 26.1. The van der Waals surface area contributed by atoms with Gasteiger partial charge in [-0.05, 0) is 50.6 Å². The molecule has 2 aromatic carbocycles. The zero-order valence-corrected chi connectivity index (χ0v) is 23.2. The molecule has 2 N–H and O–H groups in total. The summed E-state index contributed by atoms with van der Waals surface area (Å²) in [5.74, 6) is 2.52. The van der Waals surface area contributed by atoms with Crippen molar-refractivity contribution in [2.45, 2.75) is 44.8 Å². The van der Waals surface area contributed by atoms with E-state index >= 15 is 0 Å². The Labute approximate surface area is 224 Å². The molecule has 0 fully saturated rings. The number of amides is 1. The minimum absolute atomic E-state index is 0.263. The molecule has 10 heteroatoms. The molecule has 1 aliphatic rings. The summed E-state index contributed by atoms with van der Waals surface area (Å²) in [5, 5.41) is 11.8. The average Bonchev–Trinajstić information content (AvgIpc) is 3.26. The number of methoxy groups -OCH3 is 1. The molecule has 1 aromatic heterocycles. The molecular weight excluding hydrogens is 542 g/mol. The maximum atomic E-state index is 13.8. The number of fused-ring (bicyclic) bond motifs is 1. The van der Waals surface area contributed by atoms with E-state index in [0.29, 0.717) is 46.2 Å². The first-order chi connectivity index (χ1) is 17.5. The van der Waals surface area contributed by atoms with Gasteiger partial charge in [0.15, 0.2) is 0 Å². The smallest absolute Gasteiger partial charge is 0.255 e. The molecule has 1 unspecified atom stereocenters. The van der Waals surface area contributed by atoms with Crippen LogP contribution in [0.25, 0.3) is 0 Å². The number of para-hydroxylation sites is 2. The quantitative estimate of drug-likeness (QED) is 0.219. The number of unbranched alkanes of at least 4 members (excludes halogenated alkanes) is 1. The summed E-state index contributed by atoms with van der Waals surface area (Å²) in [7, 11) is 1.62. The number of thioether (sulfide) groups is 1. The van der Waals surface area contributed by atoms with Crippen LogP contribution in [0.3, 0.4) is 0 Å². The van der Waals surface area contributed by atoms with Crippen LogP contribution in [0.5, 0.6) is 11.5 Å². The van der Waals surface area contributed by atoms with E-state index < -0.39 is 6.04 Å². The minimum atomic E-state index is -0.555. The van der Waals surface area contributed by atoms with Crippen molar-refractivity contribution in [2.24, 2.45) is 0 Å². The van der Waals surface area contributed by atoms with Crippen LogP contribution >= 0.6 is 27.7 Å². The van der Waals surface area contributed by atoms with Crippen LogP contribution < -0.4 is 20.1 Å². The Morgan fingerprint density at radius 1 is 1.22 bits per heavy atom. The highest BCUT2D eigenvalue weighted by molar-refractivity contribution is 9.10. The van der Waals surface area contributed by atoms with E-state index in [9.17, 15) is 4.79 Å². The van der Waals surface area contributed by atoms with E-state index in [4.69, 9.17) is 19.6 Å². The molecule has 0 saturated heterocycles. The molecule has 190 valence electrons. The normalized spacial score (nSPS) is 14.8. The molecule has 2 heterocycles. The fourth-order valence-electron chi connectivity index (χ4n) is 4.04. The van der Waals surface area contributed by atoms with Gasteiger partial charge in [0.25, 0.3) is 5.91 Å². The van der Waals surface area contributed by atoms with Crippen molar-refractivity contribution in [3.63, 3.8) is 0 Å². The van der Waals surface area contributed by atoms with Crippen LogP contribution in [0.2, 0.25) is 0 Å². The lowest BCUT2D eigenvalue weighted by molar-refractivity contribution is -0.113. The molecule has 4 rings (SSSR count). The molecule has 0 spiro atoms. The van der Waals surface area contributed by atoms with Gasteiger partial charge in [-0.25, -0.2) is 4.68 Å². The molecule has 3 aromatic rings. The zero-order valence-electron chi connectivity index (χ0n) is 20.8. The predicted molar refractivity (Wildman–Crippen MR) is 147 cm³/mol. The number of carbonyl (C=O) groups excluding carboxylic acids is 1. The summed E-state index contributed by atoms with van der Waals surface area (Å²) in [6, 6.07) is 12.6. The third-order valence-electron chi connectivity index (χ3n) is 5.73. The molecule has 1 atom stereocenters. The lowest BCUT2D eigenvalue weighted by Crippen LogP contribution is -2.32. The van der Waals surface area contributed by atoms with E-state index in [0.717, 1.165) is 28.6 Å². The van der Waals surface area contributed by atoms with Gasteiger partial charge in [-0.3, -0.25) is 4.79 Å². The summed E-state index contributed by atoms with van der Waals surface area (Å²) in [6.45, 7) is 6.44. The van der Waals surface area contributed by atoms with Crippen molar-refractivity contribution in [1.82, 2.24) is 14.8 Å². The van der Waals surface area contributed by atoms with Crippen molar-refractivity contribution >= 4 is 45.2 Å². The molecule has 1 aliphatic heterocycles. The molecule has 0 saturated carbocycles. The summed E-state index contributed by atoms with van der Waals surface area (Å²) >= 11 is 5.19. The average molecular weight is 573 g/mol. The Morgan fingerprint density at radius 2 is 2.03 bits per heavy atom. The van der Waals surface area contributed by atoms with Gasteiger partial charge in [0.05, 0.1) is 25.0 Å². The monoisotopic (exact) mass is 571 g/mol. The Morgan fingerprint density at radius 3 is 2.78 bits per heavy atom. The van der Waals surface area contributed by atoms with Gasteiger partial charge in [-0.2, -0.15) is 4.98 Å². The van der Waals surface area contributed by atoms with Crippen LogP contribution in [-0.2, 0) is 4.79 Å². The number of allylic oxidation sites excluding steroid dienone is 1. The van der Waals surface area contributed by atoms with Crippen molar-refractivity contribution < 1.29 is 14.3 Å². The molecule has 1 amide bonds. The number of ether oxygens (including phenoxy) is 2. The van der Waals surface area contributed by atoms with Gasteiger partial charge in [0.2, 0.25) is 11.1 Å². The third kappa shape index (κ3) is 5.54. The Bertz CT molecular complexity index is 1280. The fraction of sp³-hybridized carbons (Fsp3) is 0.346. The number of nitrogens with one attached hydrogen (secondary N) is 2. The van der Waals surface area contributed by atoms with Crippen molar-refractivity contribution in [3.8, 4) is 11.5 Å². The van der Waals surface area contributed by atoms with E-state index in [1.54, 1.807) is 23.6 Å². The Balaban J connectivity index is 1.79. The van der Waals surface area contributed by atoms with E-state index in [2.05, 4.69) is 33.5 Å². The number of aromatic nitrogens is 3. The number of nitrogens with zero attached hydrogens (tertiary/aromatic N) is 3. The van der Waals surface area contributed by atoms with Gasteiger partial charge in [-0.15, -0.1) is 5.10 Å². The maximum Gasteiger partial charge on any atom is 0.255 e. The number of benzene rings is 2. The first-order valence-electron chi connectivity index (χ1n) is 11.9. The van der Waals surface area contributed by atoms with Crippen LogP contribution in [0.1, 0.15) is 45.2 Å². The Kier molecular flexibility index (Phi) is 8.58. The third-order valence-corrected chi connectivity index (χ3v) is 7.15. The lowest BCUT2D eigenvalue weighted by atomic mass is 9.94. The number of halogens is 1. The maximum absolute atomic E-state index is 13.8. The van der Waals surface area contributed by atoms with E-state index in [1.165, 1.54) is 0 Å². The van der Waals surface area contributed by atoms with Gasteiger partial charge in [0.1, 0.15) is 17.5 Å². The second kappa shape index (κ2) is 11.8. The van der Waals surface area contributed by atoms with Gasteiger partial charge in [-0.1, -0.05) is 53.2 Å². The van der Waals surface area contributed by atoms with Crippen LogP contribution in [0, 0.1) is 0 Å². The predicted octanol–water partition coefficient (Wildman–Crippen LogP) is 6.27. The second-order valence-corrected chi connectivity index (χ2v) is 10.2. The fourth-order valence-corrected chi connectivity index (χ4v) is 5.33. The molecule has 0 radical (unpaired) electrons. The van der Waals surface area contributed by atoms with Crippen LogP contribution in [0.15, 0.2) is 63.4 Å². The molecule has 0 aliphatic carbocycles. The van der Waals surface area contributed by atoms with Crippen molar-refractivity contribution in [3.05, 3.63) is 63.8 Å². The van der Waals surface area contributed by atoms with E-state index in [-0.39, 0.29) is 5.91 Å². The molecule has 36 heavy (non-hydrogen) atoms. The minimum Gasteiger partial charge on any atom is -0.496 e. The number of hydrogen-bond donors (Lipinski definition) is 2.